The molecular formula is C16H25N3O5S. The number of rotatable bonds is 5. The maximum absolute atomic E-state index is 12.8. The topological polar surface area (TPSA) is 99.2 Å². The summed E-state index contributed by atoms with van der Waals surface area (Å²) in [7, 11) is 0.690. The van der Waals surface area contributed by atoms with Gasteiger partial charge in [-0.05, 0) is 25.5 Å². The molecule has 140 valence electrons. The number of hydrogen-bond acceptors (Lipinski definition) is 5. The van der Waals surface area contributed by atoms with Crippen LogP contribution in [0.15, 0.2) is 18.2 Å². The third-order valence-corrected chi connectivity index (χ3v) is 5.80. The number of nitrogens with one attached hydrogen (secondary N) is 1. The molecule has 0 aliphatic carbocycles. The molecule has 1 aliphatic rings. The molecule has 1 aromatic rings. The molecule has 2 N–H and O–H groups in total. The van der Waals surface area contributed by atoms with Gasteiger partial charge in [0.15, 0.2) is 0 Å². The Hall–Kier alpha value is -1.68. The molecule has 2 atom stereocenters. The van der Waals surface area contributed by atoms with Crippen molar-refractivity contribution in [1.29, 1.82) is 0 Å². The van der Waals surface area contributed by atoms with Crippen molar-refractivity contribution in [3.05, 3.63) is 29.3 Å². The molecular weight excluding hydrogens is 346 g/mol. The van der Waals surface area contributed by atoms with Gasteiger partial charge in [-0.3, -0.25) is 4.79 Å². The smallest absolute Gasteiger partial charge is 0.279 e. The highest BCUT2D eigenvalue weighted by molar-refractivity contribution is 7.87. The van der Waals surface area contributed by atoms with Crippen LogP contribution in [0.4, 0.5) is 0 Å². The number of amides is 1. The Morgan fingerprint density at radius 2 is 2.08 bits per heavy atom. The number of benzene rings is 1. The van der Waals surface area contributed by atoms with Crippen LogP contribution in [0, 0.1) is 6.92 Å². The number of β-amino-alcohol motifs (C(OH)–C–C–N with tert-alkyl or cyclic N) is 1. The van der Waals surface area contributed by atoms with Crippen molar-refractivity contribution in [3.8, 4) is 5.75 Å². The van der Waals surface area contributed by atoms with E-state index >= 15 is 0 Å². The van der Waals surface area contributed by atoms with E-state index in [0.29, 0.717) is 24.3 Å². The Bertz CT molecular complexity index is 735. The van der Waals surface area contributed by atoms with Crippen LogP contribution in [0.3, 0.4) is 0 Å². The predicted octanol–water partition coefficient (Wildman–Crippen LogP) is -0.0250. The second-order valence-corrected chi connectivity index (χ2v) is 8.24. The van der Waals surface area contributed by atoms with Gasteiger partial charge in [-0.2, -0.15) is 17.4 Å². The monoisotopic (exact) mass is 371 g/mol. The van der Waals surface area contributed by atoms with E-state index in [1.807, 2.05) is 13.0 Å². The van der Waals surface area contributed by atoms with Crippen LogP contribution in [0.5, 0.6) is 5.75 Å². The van der Waals surface area contributed by atoms with Crippen molar-refractivity contribution in [2.24, 2.45) is 0 Å². The van der Waals surface area contributed by atoms with Gasteiger partial charge in [0.05, 0.1) is 24.8 Å². The fraction of sp³-hybridized carbons (Fsp3) is 0.562. The van der Waals surface area contributed by atoms with E-state index in [2.05, 4.69) is 4.72 Å². The van der Waals surface area contributed by atoms with E-state index < -0.39 is 22.4 Å². The lowest BCUT2D eigenvalue weighted by Gasteiger charge is -2.36. The highest BCUT2D eigenvalue weighted by atomic mass is 32.2. The molecule has 1 aliphatic heterocycles. The minimum atomic E-state index is -3.64. The average molecular weight is 371 g/mol. The Balaban J connectivity index is 2.10. The summed E-state index contributed by atoms with van der Waals surface area (Å²) in [5.74, 6) is 0.231. The number of ether oxygens (including phenoxy) is 1. The van der Waals surface area contributed by atoms with Crippen molar-refractivity contribution >= 4 is 16.1 Å². The summed E-state index contributed by atoms with van der Waals surface area (Å²) in [5.41, 5.74) is 1.36. The van der Waals surface area contributed by atoms with Crippen LogP contribution in [0.2, 0.25) is 0 Å². The Morgan fingerprint density at radius 1 is 1.40 bits per heavy atom. The highest BCUT2D eigenvalue weighted by Gasteiger charge is 2.34. The summed E-state index contributed by atoms with van der Waals surface area (Å²) in [4.78, 5) is 14.3. The molecule has 0 spiro atoms. The van der Waals surface area contributed by atoms with Crippen LogP contribution in [0.25, 0.3) is 0 Å². The normalized spacial score (nSPS) is 21.4. The van der Waals surface area contributed by atoms with E-state index in [-0.39, 0.29) is 12.5 Å². The predicted molar refractivity (Wildman–Crippen MR) is 93.8 cm³/mol. The molecule has 0 unspecified atom stereocenters. The fourth-order valence-corrected chi connectivity index (χ4v) is 3.58. The standard InChI is InChI=1S/C16H25N3O5S/c1-11-5-6-15(24-4)12(9-11)16(21)19-8-7-13(14(20)10-19)17-25(22,23)18(2)3/h5-6,9,13-14,17,20H,7-8,10H2,1-4H3/t13-,14-/m1/s1. The number of methoxy groups -OCH3 is 1. The summed E-state index contributed by atoms with van der Waals surface area (Å²) in [5, 5.41) is 10.3. The molecule has 2 rings (SSSR count). The third-order valence-electron chi connectivity index (χ3n) is 4.24. The number of aliphatic hydroxyl groups is 1. The molecule has 1 amide bonds. The van der Waals surface area contributed by atoms with Crippen LogP contribution >= 0.6 is 0 Å². The van der Waals surface area contributed by atoms with Gasteiger partial charge in [-0.25, -0.2) is 0 Å². The first-order chi connectivity index (χ1) is 11.7. The van der Waals surface area contributed by atoms with Crippen molar-refractivity contribution in [1.82, 2.24) is 13.9 Å². The van der Waals surface area contributed by atoms with E-state index in [9.17, 15) is 18.3 Å². The van der Waals surface area contributed by atoms with E-state index in [4.69, 9.17) is 4.74 Å². The highest BCUT2D eigenvalue weighted by Crippen LogP contribution is 2.23. The Morgan fingerprint density at radius 3 is 2.64 bits per heavy atom. The van der Waals surface area contributed by atoms with Gasteiger partial charge in [0, 0.05) is 27.2 Å². The van der Waals surface area contributed by atoms with E-state index in [1.54, 1.807) is 12.1 Å². The molecule has 0 saturated carbocycles. The summed E-state index contributed by atoms with van der Waals surface area (Å²) in [6, 6.07) is 4.70. The van der Waals surface area contributed by atoms with Crippen molar-refractivity contribution < 1.29 is 23.1 Å². The van der Waals surface area contributed by atoms with Crippen LogP contribution in [-0.4, -0.2) is 75.1 Å². The molecule has 1 fully saturated rings. The Kier molecular flexibility index (Phi) is 6.04. The molecule has 1 aromatic carbocycles. The van der Waals surface area contributed by atoms with Gasteiger partial charge >= 0.3 is 0 Å². The maximum atomic E-state index is 12.8. The van der Waals surface area contributed by atoms with Crippen LogP contribution in [-0.2, 0) is 10.2 Å². The molecule has 1 heterocycles. The van der Waals surface area contributed by atoms with Gasteiger partial charge < -0.3 is 14.7 Å². The van der Waals surface area contributed by atoms with Crippen molar-refractivity contribution in [2.45, 2.75) is 25.5 Å². The SMILES string of the molecule is COc1ccc(C)cc1C(=O)N1CC[C@@H](NS(=O)(=O)N(C)C)[C@H](O)C1. The minimum absolute atomic E-state index is 0.0521. The number of carbonyl (C=O) groups excluding carboxylic acids is 1. The third kappa shape index (κ3) is 4.49. The molecule has 8 nitrogen and oxygen atoms in total. The number of aryl methyl sites for hydroxylation is 1. The zero-order chi connectivity index (χ0) is 18.8. The van der Waals surface area contributed by atoms with Crippen molar-refractivity contribution in [3.63, 3.8) is 0 Å². The van der Waals surface area contributed by atoms with Crippen LogP contribution < -0.4 is 9.46 Å². The largest absolute Gasteiger partial charge is 0.496 e. The minimum Gasteiger partial charge on any atom is -0.496 e. The maximum Gasteiger partial charge on any atom is 0.279 e. The summed E-state index contributed by atoms with van der Waals surface area (Å²) < 4.78 is 32.6. The zero-order valence-electron chi connectivity index (χ0n) is 14.9. The number of aliphatic hydroxyl groups excluding tert-OH is 1. The molecule has 1 saturated heterocycles. The lowest BCUT2D eigenvalue weighted by Crippen LogP contribution is -2.56. The van der Waals surface area contributed by atoms with E-state index in [0.717, 1.165) is 9.87 Å². The first-order valence-corrected chi connectivity index (χ1v) is 9.41. The van der Waals surface area contributed by atoms with E-state index in [1.165, 1.54) is 26.1 Å². The first-order valence-electron chi connectivity index (χ1n) is 7.97. The molecule has 0 radical (unpaired) electrons. The van der Waals surface area contributed by atoms with Gasteiger partial charge in [-0.15, -0.1) is 0 Å². The number of carbonyl (C=O) groups is 1. The lowest BCUT2D eigenvalue weighted by molar-refractivity contribution is 0.0362. The van der Waals surface area contributed by atoms with Gasteiger partial charge in [-0.1, -0.05) is 11.6 Å². The molecule has 0 aromatic heterocycles. The number of likely N-dealkylation sites (tertiary alicyclic amines) is 1. The van der Waals surface area contributed by atoms with Crippen molar-refractivity contribution in [2.75, 3.05) is 34.3 Å². The molecule has 9 heteroatoms. The number of nitrogens with zero attached hydrogens (tertiary/aromatic N) is 2. The zero-order valence-corrected chi connectivity index (χ0v) is 15.7. The average Bonchev–Trinajstić information content (AvgIpc) is 2.55. The summed E-state index contributed by atoms with van der Waals surface area (Å²) >= 11 is 0. The van der Waals surface area contributed by atoms with Gasteiger partial charge in [0.2, 0.25) is 0 Å². The summed E-state index contributed by atoms with van der Waals surface area (Å²) in [6.07, 6.45) is -0.656. The second-order valence-electron chi connectivity index (χ2n) is 6.32. The van der Waals surface area contributed by atoms with Gasteiger partial charge in [0.25, 0.3) is 16.1 Å². The number of piperidine rings is 1. The second kappa shape index (κ2) is 7.69. The number of hydrogen-bond donors (Lipinski definition) is 2. The fourth-order valence-electron chi connectivity index (χ4n) is 2.71. The molecule has 25 heavy (non-hydrogen) atoms. The lowest BCUT2D eigenvalue weighted by atomic mass is 10.0. The molecule has 0 bridgehead atoms. The Labute approximate surface area is 148 Å². The quantitative estimate of drug-likeness (QED) is 0.758. The summed E-state index contributed by atoms with van der Waals surface area (Å²) in [6.45, 7) is 2.28. The first kappa shape index (κ1) is 19.6. The van der Waals surface area contributed by atoms with Crippen LogP contribution in [0.1, 0.15) is 22.3 Å². The van der Waals surface area contributed by atoms with Gasteiger partial charge in [0.1, 0.15) is 5.75 Å².